The molecule has 0 radical (unpaired) electrons. The summed E-state index contributed by atoms with van der Waals surface area (Å²) >= 11 is 1.35. The maximum atomic E-state index is 12.4. The van der Waals surface area contributed by atoms with Crippen LogP contribution in [0.5, 0.6) is 11.5 Å². The van der Waals surface area contributed by atoms with Gasteiger partial charge in [-0.25, -0.2) is 4.98 Å². The van der Waals surface area contributed by atoms with E-state index in [1.165, 1.54) is 30.6 Å². The van der Waals surface area contributed by atoms with Gasteiger partial charge in [-0.3, -0.25) is 0 Å². The number of aryl methyl sites for hydroxylation is 1. The molecule has 0 aliphatic rings. The molecule has 0 aliphatic carbocycles. The van der Waals surface area contributed by atoms with Crippen molar-refractivity contribution in [2.24, 2.45) is 0 Å². The minimum atomic E-state index is -2.95. The lowest BCUT2D eigenvalue weighted by Gasteiger charge is -2.10. The second-order valence-corrected chi connectivity index (χ2v) is 5.11. The molecule has 22 heavy (non-hydrogen) atoms. The van der Waals surface area contributed by atoms with Gasteiger partial charge in [0.25, 0.3) is 0 Å². The van der Waals surface area contributed by atoms with E-state index >= 15 is 0 Å². The summed E-state index contributed by atoms with van der Waals surface area (Å²) in [7, 11) is 1.36. The number of alkyl halides is 2. The van der Waals surface area contributed by atoms with Gasteiger partial charge in [0, 0.05) is 11.1 Å². The monoisotopic (exact) mass is 322 g/mol. The van der Waals surface area contributed by atoms with E-state index in [4.69, 9.17) is 4.74 Å². The number of allylic oxidation sites excluding steroid dienone is 1. The Balaban J connectivity index is 2.39. The van der Waals surface area contributed by atoms with Crippen molar-refractivity contribution in [1.29, 1.82) is 5.26 Å². The number of rotatable bonds is 5. The van der Waals surface area contributed by atoms with E-state index in [0.29, 0.717) is 16.1 Å². The highest BCUT2D eigenvalue weighted by Crippen LogP contribution is 2.31. The molecule has 1 aromatic heterocycles. The Kier molecular flexibility index (Phi) is 5.07. The summed E-state index contributed by atoms with van der Waals surface area (Å²) in [6.45, 7) is -1.12. The Morgan fingerprint density at radius 1 is 1.41 bits per heavy atom. The van der Waals surface area contributed by atoms with Crippen molar-refractivity contribution in [3.05, 3.63) is 39.8 Å². The molecule has 114 valence electrons. The highest BCUT2D eigenvalue weighted by atomic mass is 32.1. The molecule has 7 heteroatoms. The van der Waals surface area contributed by atoms with Crippen LogP contribution in [0.25, 0.3) is 11.6 Å². The molecule has 1 heterocycles. The molecular weight excluding hydrogens is 310 g/mol. The summed E-state index contributed by atoms with van der Waals surface area (Å²) in [4.78, 5) is 4.23. The van der Waals surface area contributed by atoms with Crippen LogP contribution in [-0.4, -0.2) is 18.7 Å². The van der Waals surface area contributed by atoms with Crippen LogP contribution in [0.2, 0.25) is 0 Å². The van der Waals surface area contributed by atoms with Crippen molar-refractivity contribution in [2.45, 2.75) is 13.5 Å². The molecule has 0 N–H and O–H groups in total. The van der Waals surface area contributed by atoms with Gasteiger partial charge in [0.15, 0.2) is 11.5 Å². The summed E-state index contributed by atoms with van der Waals surface area (Å²) in [6, 6.07) is 6.60. The fourth-order valence-electron chi connectivity index (χ4n) is 1.76. The SMILES string of the molecule is COc1ccc(C=C(C#N)c2nc(C)cs2)cc1OC(F)F. The zero-order valence-corrected chi connectivity index (χ0v) is 12.7. The Bertz CT molecular complexity index is 735. The largest absolute Gasteiger partial charge is 0.493 e. The highest BCUT2D eigenvalue weighted by molar-refractivity contribution is 7.11. The minimum absolute atomic E-state index is 0.0844. The molecule has 0 atom stereocenters. The van der Waals surface area contributed by atoms with Gasteiger partial charge >= 0.3 is 6.61 Å². The zero-order chi connectivity index (χ0) is 16.1. The van der Waals surface area contributed by atoms with Crippen LogP contribution in [0.15, 0.2) is 23.6 Å². The molecule has 2 aromatic rings. The van der Waals surface area contributed by atoms with Gasteiger partial charge in [0.1, 0.15) is 11.1 Å². The van der Waals surface area contributed by atoms with Crippen LogP contribution < -0.4 is 9.47 Å². The Hall–Kier alpha value is -2.46. The number of nitriles is 1. The molecule has 0 amide bonds. The van der Waals surface area contributed by atoms with Gasteiger partial charge in [-0.05, 0) is 30.7 Å². The van der Waals surface area contributed by atoms with Gasteiger partial charge < -0.3 is 9.47 Å². The van der Waals surface area contributed by atoms with Crippen molar-refractivity contribution in [3.63, 3.8) is 0 Å². The van der Waals surface area contributed by atoms with Crippen LogP contribution in [0, 0.1) is 18.3 Å². The van der Waals surface area contributed by atoms with E-state index in [2.05, 4.69) is 15.8 Å². The van der Waals surface area contributed by atoms with E-state index in [1.807, 2.05) is 12.3 Å². The van der Waals surface area contributed by atoms with Crippen molar-refractivity contribution in [1.82, 2.24) is 4.98 Å². The van der Waals surface area contributed by atoms with Crippen LogP contribution in [-0.2, 0) is 0 Å². The molecule has 0 fully saturated rings. The predicted molar refractivity (Wildman–Crippen MR) is 80.0 cm³/mol. The molecule has 0 saturated heterocycles. The second-order valence-electron chi connectivity index (χ2n) is 4.25. The topological polar surface area (TPSA) is 55.1 Å². The number of aromatic nitrogens is 1. The third kappa shape index (κ3) is 3.80. The van der Waals surface area contributed by atoms with Crippen LogP contribution >= 0.6 is 11.3 Å². The first-order chi connectivity index (χ1) is 10.5. The minimum Gasteiger partial charge on any atom is -0.493 e. The number of hydrogen-bond acceptors (Lipinski definition) is 5. The average molecular weight is 322 g/mol. The number of hydrogen-bond donors (Lipinski definition) is 0. The number of methoxy groups -OCH3 is 1. The van der Waals surface area contributed by atoms with Crippen LogP contribution in [0.4, 0.5) is 8.78 Å². The van der Waals surface area contributed by atoms with Gasteiger partial charge in [-0.2, -0.15) is 14.0 Å². The Labute approximate surface area is 130 Å². The molecular formula is C15H12F2N2O2S. The van der Waals surface area contributed by atoms with E-state index in [0.717, 1.165) is 5.69 Å². The second kappa shape index (κ2) is 7.00. The number of thiazole rings is 1. The Morgan fingerprint density at radius 3 is 2.73 bits per heavy atom. The summed E-state index contributed by atoms with van der Waals surface area (Å²) in [5.41, 5.74) is 1.71. The van der Waals surface area contributed by atoms with Gasteiger partial charge in [0.05, 0.1) is 12.7 Å². The summed E-state index contributed by atoms with van der Waals surface area (Å²) in [5, 5.41) is 11.6. The summed E-state index contributed by atoms with van der Waals surface area (Å²) in [5.74, 6) is 0.111. The third-order valence-corrected chi connectivity index (χ3v) is 3.68. The van der Waals surface area contributed by atoms with Gasteiger partial charge in [-0.1, -0.05) is 6.07 Å². The lowest BCUT2D eigenvalue weighted by molar-refractivity contribution is -0.0512. The number of nitrogens with zero attached hydrogens (tertiary/aromatic N) is 2. The van der Waals surface area contributed by atoms with Crippen LogP contribution in [0.3, 0.4) is 0 Å². The molecule has 0 unspecified atom stereocenters. The lowest BCUT2D eigenvalue weighted by Crippen LogP contribution is -2.03. The lowest BCUT2D eigenvalue weighted by atomic mass is 10.1. The summed E-state index contributed by atoms with van der Waals surface area (Å²) < 4.78 is 34.2. The normalized spacial score (nSPS) is 11.4. The van der Waals surface area contributed by atoms with E-state index < -0.39 is 6.61 Å². The molecule has 0 bridgehead atoms. The quantitative estimate of drug-likeness (QED) is 0.777. The molecule has 2 rings (SSSR count). The van der Waals surface area contributed by atoms with E-state index in [1.54, 1.807) is 12.1 Å². The highest BCUT2D eigenvalue weighted by Gasteiger charge is 2.12. The van der Waals surface area contributed by atoms with Crippen molar-refractivity contribution in [2.75, 3.05) is 7.11 Å². The zero-order valence-electron chi connectivity index (χ0n) is 11.8. The number of ether oxygens (including phenoxy) is 2. The standard InChI is InChI=1S/C15H12F2N2O2S/c1-9-8-22-14(19-9)11(7-18)5-10-3-4-12(20-2)13(6-10)21-15(16)17/h3-6,8,15H,1-2H3. The molecule has 4 nitrogen and oxygen atoms in total. The molecule has 0 aliphatic heterocycles. The smallest absolute Gasteiger partial charge is 0.387 e. The number of halogens is 2. The van der Waals surface area contributed by atoms with Gasteiger partial charge in [-0.15, -0.1) is 11.3 Å². The van der Waals surface area contributed by atoms with Crippen molar-refractivity contribution in [3.8, 4) is 17.6 Å². The van der Waals surface area contributed by atoms with Crippen molar-refractivity contribution >= 4 is 23.0 Å². The summed E-state index contributed by atoms with van der Waals surface area (Å²) in [6.07, 6.45) is 1.57. The average Bonchev–Trinajstić information content (AvgIpc) is 2.91. The van der Waals surface area contributed by atoms with Crippen LogP contribution in [0.1, 0.15) is 16.3 Å². The molecule has 1 aromatic carbocycles. The fraction of sp³-hybridized carbons (Fsp3) is 0.200. The third-order valence-electron chi connectivity index (χ3n) is 2.68. The van der Waals surface area contributed by atoms with E-state index in [-0.39, 0.29) is 11.5 Å². The van der Waals surface area contributed by atoms with Crippen molar-refractivity contribution < 1.29 is 18.3 Å². The maximum Gasteiger partial charge on any atom is 0.387 e. The fourth-order valence-corrected chi connectivity index (χ4v) is 2.52. The first-order valence-electron chi connectivity index (χ1n) is 6.20. The Morgan fingerprint density at radius 2 is 2.18 bits per heavy atom. The maximum absolute atomic E-state index is 12.4. The predicted octanol–water partition coefficient (Wildman–Crippen LogP) is 4.13. The van der Waals surface area contributed by atoms with E-state index in [9.17, 15) is 14.0 Å². The first kappa shape index (κ1) is 15.9. The van der Waals surface area contributed by atoms with Gasteiger partial charge in [0.2, 0.25) is 0 Å². The molecule has 0 spiro atoms. The molecule has 0 saturated carbocycles. The number of benzene rings is 1. The first-order valence-corrected chi connectivity index (χ1v) is 7.08.